The van der Waals surface area contributed by atoms with Crippen molar-refractivity contribution in [2.24, 2.45) is 5.92 Å². The van der Waals surface area contributed by atoms with E-state index in [2.05, 4.69) is 0 Å². The standard InChI is InChI=1S/C20H34O8/c1-14(26-15(2)21)18(20(25)28-17(4)27-16(3)22)12-10-8-6-5-7-9-11-13-19(23)24/h14,17-18H,5-13H2,1-4H3,(H,23,24). The molecule has 3 atom stereocenters. The van der Waals surface area contributed by atoms with Crippen molar-refractivity contribution in [3.63, 3.8) is 0 Å². The molecule has 0 radical (unpaired) electrons. The van der Waals surface area contributed by atoms with Gasteiger partial charge in [-0.15, -0.1) is 0 Å². The average molecular weight is 402 g/mol. The van der Waals surface area contributed by atoms with E-state index in [0.717, 1.165) is 38.5 Å². The summed E-state index contributed by atoms with van der Waals surface area (Å²) in [6.07, 6.45) is 5.34. The lowest BCUT2D eigenvalue weighted by Gasteiger charge is -2.24. The molecular weight excluding hydrogens is 368 g/mol. The molecule has 162 valence electrons. The van der Waals surface area contributed by atoms with E-state index >= 15 is 0 Å². The Balaban J connectivity index is 4.31. The summed E-state index contributed by atoms with van der Waals surface area (Å²) < 4.78 is 15.1. The van der Waals surface area contributed by atoms with Crippen LogP contribution in [0.3, 0.4) is 0 Å². The van der Waals surface area contributed by atoms with Crippen LogP contribution in [0.4, 0.5) is 0 Å². The monoisotopic (exact) mass is 402 g/mol. The lowest BCUT2D eigenvalue weighted by Crippen LogP contribution is -2.34. The van der Waals surface area contributed by atoms with Gasteiger partial charge in [0.2, 0.25) is 6.29 Å². The lowest BCUT2D eigenvalue weighted by molar-refractivity contribution is -0.189. The molecule has 0 aliphatic carbocycles. The van der Waals surface area contributed by atoms with Crippen LogP contribution in [0.25, 0.3) is 0 Å². The van der Waals surface area contributed by atoms with Crippen molar-refractivity contribution in [1.82, 2.24) is 0 Å². The topological polar surface area (TPSA) is 116 Å². The fourth-order valence-corrected chi connectivity index (χ4v) is 2.92. The SMILES string of the molecule is CC(=O)OC(C)OC(=O)C(CCCCCCCCCC(=O)O)C(C)OC(C)=O. The van der Waals surface area contributed by atoms with Crippen molar-refractivity contribution in [3.05, 3.63) is 0 Å². The summed E-state index contributed by atoms with van der Waals surface area (Å²) in [7, 11) is 0. The molecule has 0 fully saturated rings. The zero-order valence-corrected chi connectivity index (χ0v) is 17.4. The fraction of sp³-hybridized carbons (Fsp3) is 0.800. The molecule has 0 aromatic heterocycles. The van der Waals surface area contributed by atoms with E-state index < -0.39 is 42.2 Å². The van der Waals surface area contributed by atoms with Crippen LogP contribution >= 0.6 is 0 Å². The molecule has 0 heterocycles. The van der Waals surface area contributed by atoms with Crippen LogP contribution in [0.5, 0.6) is 0 Å². The van der Waals surface area contributed by atoms with Crippen molar-refractivity contribution in [3.8, 4) is 0 Å². The minimum absolute atomic E-state index is 0.212. The lowest BCUT2D eigenvalue weighted by atomic mass is 9.95. The summed E-state index contributed by atoms with van der Waals surface area (Å²) in [5, 5.41) is 8.59. The van der Waals surface area contributed by atoms with Crippen molar-refractivity contribution in [2.75, 3.05) is 0 Å². The average Bonchev–Trinajstić information content (AvgIpc) is 2.54. The molecule has 0 saturated carbocycles. The van der Waals surface area contributed by atoms with Gasteiger partial charge < -0.3 is 19.3 Å². The number of esters is 3. The van der Waals surface area contributed by atoms with Crippen molar-refractivity contribution < 1.29 is 38.5 Å². The van der Waals surface area contributed by atoms with E-state index in [9.17, 15) is 19.2 Å². The first-order valence-corrected chi connectivity index (χ1v) is 9.90. The summed E-state index contributed by atoms with van der Waals surface area (Å²) in [5.74, 6) is -2.97. The largest absolute Gasteiger partial charge is 0.481 e. The predicted molar refractivity (Wildman–Crippen MR) is 101 cm³/mol. The van der Waals surface area contributed by atoms with Gasteiger partial charge in [-0.05, 0) is 19.8 Å². The van der Waals surface area contributed by atoms with Gasteiger partial charge in [0.15, 0.2) is 0 Å². The summed E-state index contributed by atoms with van der Waals surface area (Å²) in [5.41, 5.74) is 0. The summed E-state index contributed by atoms with van der Waals surface area (Å²) >= 11 is 0. The first-order valence-electron chi connectivity index (χ1n) is 9.90. The third-order valence-corrected chi connectivity index (χ3v) is 4.24. The van der Waals surface area contributed by atoms with E-state index in [-0.39, 0.29) is 6.42 Å². The Bertz CT molecular complexity index is 502. The van der Waals surface area contributed by atoms with Crippen molar-refractivity contribution in [1.29, 1.82) is 0 Å². The van der Waals surface area contributed by atoms with Crippen LogP contribution in [0, 0.1) is 5.92 Å². The van der Waals surface area contributed by atoms with Crippen LogP contribution in [0.1, 0.15) is 85.5 Å². The second-order valence-electron chi connectivity index (χ2n) is 6.94. The summed E-state index contributed by atoms with van der Waals surface area (Å²) in [6, 6.07) is 0. The third kappa shape index (κ3) is 14.0. The number of hydrogen-bond donors (Lipinski definition) is 1. The molecule has 0 rings (SSSR count). The minimum atomic E-state index is -0.997. The second kappa shape index (κ2) is 14.9. The Morgan fingerprint density at radius 3 is 1.75 bits per heavy atom. The second-order valence-corrected chi connectivity index (χ2v) is 6.94. The number of carboxylic acids is 1. The van der Waals surface area contributed by atoms with Gasteiger partial charge in [0.05, 0.1) is 5.92 Å². The highest BCUT2D eigenvalue weighted by atomic mass is 16.7. The van der Waals surface area contributed by atoms with Crippen LogP contribution in [0.15, 0.2) is 0 Å². The van der Waals surface area contributed by atoms with Gasteiger partial charge in [-0.2, -0.15) is 0 Å². The Morgan fingerprint density at radius 1 is 0.750 bits per heavy atom. The van der Waals surface area contributed by atoms with E-state index in [1.165, 1.54) is 20.8 Å². The molecule has 3 unspecified atom stereocenters. The summed E-state index contributed by atoms with van der Waals surface area (Å²) in [4.78, 5) is 45.0. The number of aliphatic carboxylic acids is 1. The molecule has 0 aromatic carbocycles. The Labute approximate surface area is 166 Å². The molecule has 1 N–H and O–H groups in total. The molecule has 0 aromatic rings. The minimum Gasteiger partial charge on any atom is -0.481 e. The van der Waals surface area contributed by atoms with Crippen molar-refractivity contribution >= 4 is 23.9 Å². The van der Waals surface area contributed by atoms with Crippen LogP contribution in [-0.2, 0) is 33.4 Å². The maximum absolute atomic E-state index is 12.4. The van der Waals surface area contributed by atoms with Gasteiger partial charge in [-0.25, -0.2) is 0 Å². The smallest absolute Gasteiger partial charge is 0.315 e. The van der Waals surface area contributed by atoms with E-state index in [1.807, 2.05) is 0 Å². The van der Waals surface area contributed by atoms with Gasteiger partial charge in [0.25, 0.3) is 0 Å². The zero-order valence-electron chi connectivity index (χ0n) is 17.4. The predicted octanol–water partition coefficient (Wildman–Crippen LogP) is 3.60. The first-order chi connectivity index (χ1) is 13.1. The fourth-order valence-electron chi connectivity index (χ4n) is 2.92. The number of carbonyl (C=O) groups excluding carboxylic acids is 3. The number of hydrogen-bond acceptors (Lipinski definition) is 7. The number of rotatable bonds is 15. The Hall–Kier alpha value is -2.12. The summed E-state index contributed by atoms with van der Waals surface area (Å²) in [6.45, 7) is 5.61. The van der Waals surface area contributed by atoms with Crippen LogP contribution in [-0.4, -0.2) is 41.4 Å². The van der Waals surface area contributed by atoms with Crippen LogP contribution in [0.2, 0.25) is 0 Å². The quantitative estimate of drug-likeness (QED) is 0.251. The highest BCUT2D eigenvalue weighted by Crippen LogP contribution is 2.20. The highest BCUT2D eigenvalue weighted by Gasteiger charge is 2.30. The number of carbonyl (C=O) groups is 4. The van der Waals surface area contributed by atoms with Gasteiger partial charge >= 0.3 is 23.9 Å². The van der Waals surface area contributed by atoms with E-state index in [1.54, 1.807) is 6.92 Å². The van der Waals surface area contributed by atoms with Gasteiger partial charge in [-0.3, -0.25) is 19.2 Å². The Morgan fingerprint density at radius 2 is 1.25 bits per heavy atom. The van der Waals surface area contributed by atoms with E-state index in [0.29, 0.717) is 12.8 Å². The van der Waals surface area contributed by atoms with Gasteiger partial charge in [-0.1, -0.05) is 38.5 Å². The highest BCUT2D eigenvalue weighted by molar-refractivity contribution is 5.74. The zero-order chi connectivity index (χ0) is 21.5. The third-order valence-electron chi connectivity index (χ3n) is 4.24. The molecule has 0 aliphatic rings. The molecule has 0 spiro atoms. The number of ether oxygens (including phenoxy) is 3. The molecule has 28 heavy (non-hydrogen) atoms. The first kappa shape index (κ1) is 25.9. The molecule has 0 saturated heterocycles. The maximum atomic E-state index is 12.4. The van der Waals surface area contributed by atoms with Gasteiger partial charge in [0.1, 0.15) is 6.10 Å². The molecule has 0 bridgehead atoms. The molecule has 8 nitrogen and oxygen atoms in total. The maximum Gasteiger partial charge on any atom is 0.315 e. The van der Waals surface area contributed by atoms with Crippen LogP contribution < -0.4 is 0 Å². The molecule has 0 aliphatic heterocycles. The molecule has 8 heteroatoms. The number of unbranched alkanes of at least 4 members (excludes halogenated alkanes) is 6. The van der Waals surface area contributed by atoms with Gasteiger partial charge in [0, 0.05) is 27.2 Å². The molecule has 0 amide bonds. The normalized spacial score (nSPS) is 13.9. The molecular formula is C20H34O8. The van der Waals surface area contributed by atoms with E-state index in [4.69, 9.17) is 19.3 Å². The number of carboxylic acid groups (broad SMARTS) is 1. The Kier molecular flexibility index (Phi) is 13.8. The van der Waals surface area contributed by atoms with Crippen molar-refractivity contribution in [2.45, 2.75) is 97.9 Å².